The molecule has 3 heterocycles. The highest BCUT2D eigenvalue weighted by Gasteiger charge is 2.23. The normalized spacial score (nSPS) is 17.8. The van der Waals surface area contributed by atoms with Gasteiger partial charge in [-0.1, -0.05) is 12.1 Å². The van der Waals surface area contributed by atoms with Gasteiger partial charge in [0.2, 0.25) is 0 Å². The van der Waals surface area contributed by atoms with Crippen LogP contribution >= 0.6 is 11.3 Å². The zero-order valence-corrected chi connectivity index (χ0v) is 13.4. The molecular formula is C16H17N3O2S. The minimum atomic E-state index is 0.0334. The van der Waals surface area contributed by atoms with E-state index >= 15 is 0 Å². The molecule has 0 saturated carbocycles. The van der Waals surface area contributed by atoms with Crippen molar-refractivity contribution in [1.29, 1.82) is 0 Å². The summed E-state index contributed by atoms with van der Waals surface area (Å²) in [6.07, 6.45) is 4.82. The number of nitrogens with zero attached hydrogens (tertiary/aromatic N) is 3. The molecule has 0 radical (unpaired) electrons. The highest BCUT2D eigenvalue weighted by Crippen LogP contribution is 2.35. The molecule has 22 heavy (non-hydrogen) atoms. The van der Waals surface area contributed by atoms with Crippen LogP contribution in [0.3, 0.4) is 0 Å². The molecule has 0 amide bonds. The van der Waals surface area contributed by atoms with Crippen LogP contribution in [0.25, 0.3) is 10.2 Å². The van der Waals surface area contributed by atoms with E-state index in [0.717, 1.165) is 35.2 Å². The molecule has 6 heteroatoms. The molecule has 1 aliphatic carbocycles. The van der Waals surface area contributed by atoms with Gasteiger partial charge in [0.05, 0.1) is 24.0 Å². The molecule has 0 saturated heterocycles. The third-order valence-corrected chi connectivity index (χ3v) is 5.45. The van der Waals surface area contributed by atoms with Crippen LogP contribution in [0.1, 0.15) is 35.2 Å². The first-order valence-corrected chi connectivity index (χ1v) is 8.35. The first-order valence-electron chi connectivity index (χ1n) is 7.53. The van der Waals surface area contributed by atoms with Crippen molar-refractivity contribution in [3.8, 4) is 0 Å². The van der Waals surface area contributed by atoms with E-state index in [1.165, 1.54) is 10.4 Å². The Morgan fingerprint density at radius 3 is 3.14 bits per heavy atom. The summed E-state index contributed by atoms with van der Waals surface area (Å²) in [4.78, 5) is 19.5. The number of hydrogen-bond donors (Lipinski definition) is 0. The van der Waals surface area contributed by atoms with Gasteiger partial charge in [-0.15, -0.1) is 11.3 Å². The maximum absolute atomic E-state index is 12.8. The highest BCUT2D eigenvalue weighted by molar-refractivity contribution is 7.18. The van der Waals surface area contributed by atoms with E-state index < -0.39 is 0 Å². The third kappa shape index (κ3) is 2.18. The molecule has 0 fully saturated rings. The summed E-state index contributed by atoms with van der Waals surface area (Å²) in [7, 11) is 0. The van der Waals surface area contributed by atoms with E-state index in [2.05, 4.69) is 17.1 Å². The minimum absolute atomic E-state index is 0.0334. The topological polar surface area (TPSA) is 60.9 Å². The van der Waals surface area contributed by atoms with Gasteiger partial charge >= 0.3 is 0 Å². The van der Waals surface area contributed by atoms with Crippen molar-refractivity contribution >= 4 is 21.6 Å². The fourth-order valence-corrected chi connectivity index (χ4v) is 4.48. The molecule has 114 valence electrons. The second kappa shape index (κ2) is 5.05. The summed E-state index contributed by atoms with van der Waals surface area (Å²) < 4.78 is 6.83. The number of aromatic nitrogens is 3. The van der Waals surface area contributed by atoms with Crippen molar-refractivity contribution in [2.24, 2.45) is 5.92 Å². The van der Waals surface area contributed by atoms with Crippen LogP contribution in [0.5, 0.6) is 0 Å². The Balaban J connectivity index is 1.81. The van der Waals surface area contributed by atoms with Crippen LogP contribution in [0.2, 0.25) is 0 Å². The Kier molecular flexibility index (Phi) is 3.14. The molecule has 3 aromatic rings. The Morgan fingerprint density at radius 1 is 1.50 bits per heavy atom. The van der Waals surface area contributed by atoms with Crippen LogP contribution < -0.4 is 5.56 Å². The predicted molar refractivity (Wildman–Crippen MR) is 85.4 cm³/mol. The van der Waals surface area contributed by atoms with Crippen LogP contribution in [0.4, 0.5) is 0 Å². The quantitative estimate of drug-likeness (QED) is 0.729. The third-order valence-electron chi connectivity index (χ3n) is 4.29. The van der Waals surface area contributed by atoms with Gasteiger partial charge in [0.15, 0.2) is 5.76 Å². The van der Waals surface area contributed by atoms with Gasteiger partial charge in [-0.05, 0) is 37.7 Å². The standard InChI is InChI=1S/C16H17N3O2S/c1-9-3-4-12-13(5-9)22-15-14(12)16(20)19(8-17-15)7-11-6-10(2)18-21-11/h6,8-9H,3-5,7H2,1-2H3. The molecule has 1 unspecified atom stereocenters. The lowest BCUT2D eigenvalue weighted by molar-refractivity contribution is 0.371. The maximum Gasteiger partial charge on any atom is 0.262 e. The molecule has 0 aromatic carbocycles. The summed E-state index contributed by atoms with van der Waals surface area (Å²) in [6.45, 7) is 4.52. The zero-order chi connectivity index (χ0) is 15.3. The van der Waals surface area contributed by atoms with Crippen molar-refractivity contribution in [3.63, 3.8) is 0 Å². The second-order valence-corrected chi connectivity index (χ2v) is 7.23. The first kappa shape index (κ1) is 13.7. The van der Waals surface area contributed by atoms with Crippen LogP contribution in [-0.2, 0) is 19.4 Å². The summed E-state index contributed by atoms with van der Waals surface area (Å²) in [5.74, 6) is 1.37. The zero-order valence-electron chi connectivity index (χ0n) is 12.6. The monoisotopic (exact) mass is 315 g/mol. The van der Waals surface area contributed by atoms with E-state index in [1.807, 2.05) is 13.0 Å². The summed E-state index contributed by atoms with van der Waals surface area (Å²) >= 11 is 1.68. The fraction of sp³-hybridized carbons (Fsp3) is 0.438. The SMILES string of the molecule is Cc1cc(Cn2cnc3sc4c(c3c2=O)CCC(C)C4)on1. The van der Waals surface area contributed by atoms with Crippen molar-refractivity contribution in [1.82, 2.24) is 14.7 Å². The van der Waals surface area contributed by atoms with Gasteiger partial charge in [-0.3, -0.25) is 9.36 Å². The molecule has 1 atom stereocenters. The van der Waals surface area contributed by atoms with E-state index in [9.17, 15) is 4.79 Å². The average Bonchev–Trinajstić information content (AvgIpc) is 3.05. The average molecular weight is 315 g/mol. The molecule has 5 nitrogen and oxygen atoms in total. The van der Waals surface area contributed by atoms with Crippen LogP contribution in [-0.4, -0.2) is 14.7 Å². The van der Waals surface area contributed by atoms with Crippen molar-refractivity contribution < 1.29 is 4.52 Å². The van der Waals surface area contributed by atoms with Crippen LogP contribution in [0.15, 0.2) is 21.7 Å². The second-order valence-electron chi connectivity index (χ2n) is 6.14. The Hall–Kier alpha value is -1.95. The fourth-order valence-electron chi connectivity index (χ4n) is 3.14. The minimum Gasteiger partial charge on any atom is -0.359 e. The Labute approximate surface area is 131 Å². The van der Waals surface area contributed by atoms with Gasteiger partial charge in [-0.2, -0.15) is 0 Å². The van der Waals surface area contributed by atoms with E-state index in [4.69, 9.17) is 4.52 Å². The molecule has 1 aliphatic rings. The van der Waals surface area contributed by atoms with E-state index in [0.29, 0.717) is 18.2 Å². The van der Waals surface area contributed by atoms with Crippen molar-refractivity contribution in [3.05, 3.63) is 44.6 Å². The number of thiophene rings is 1. The Bertz CT molecular complexity index is 906. The van der Waals surface area contributed by atoms with Crippen LogP contribution in [0, 0.1) is 12.8 Å². The largest absolute Gasteiger partial charge is 0.359 e. The van der Waals surface area contributed by atoms with E-state index in [-0.39, 0.29) is 5.56 Å². The number of hydrogen-bond acceptors (Lipinski definition) is 5. The lowest BCUT2D eigenvalue weighted by Gasteiger charge is -2.17. The molecule has 0 bridgehead atoms. The molecule has 4 rings (SSSR count). The first-order chi connectivity index (χ1) is 10.6. The molecule has 0 aliphatic heterocycles. The predicted octanol–water partition coefficient (Wildman–Crippen LogP) is 2.93. The molecular weight excluding hydrogens is 298 g/mol. The number of aryl methyl sites for hydroxylation is 2. The van der Waals surface area contributed by atoms with E-state index in [1.54, 1.807) is 22.2 Å². The smallest absolute Gasteiger partial charge is 0.262 e. The molecule has 0 spiro atoms. The van der Waals surface area contributed by atoms with Gasteiger partial charge in [0, 0.05) is 10.9 Å². The molecule has 3 aromatic heterocycles. The van der Waals surface area contributed by atoms with Gasteiger partial charge in [0.25, 0.3) is 5.56 Å². The lowest BCUT2D eigenvalue weighted by Crippen LogP contribution is -2.22. The lowest BCUT2D eigenvalue weighted by atomic mass is 9.89. The van der Waals surface area contributed by atoms with Crippen molar-refractivity contribution in [2.75, 3.05) is 0 Å². The highest BCUT2D eigenvalue weighted by atomic mass is 32.1. The van der Waals surface area contributed by atoms with Gasteiger partial charge < -0.3 is 4.52 Å². The summed E-state index contributed by atoms with van der Waals surface area (Å²) in [5, 5.41) is 4.68. The summed E-state index contributed by atoms with van der Waals surface area (Å²) in [5.41, 5.74) is 2.07. The van der Waals surface area contributed by atoms with Crippen molar-refractivity contribution in [2.45, 2.75) is 39.7 Å². The van der Waals surface area contributed by atoms with Gasteiger partial charge in [0.1, 0.15) is 4.83 Å². The van der Waals surface area contributed by atoms with Gasteiger partial charge in [-0.25, -0.2) is 4.98 Å². The number of fused-ring (bicyclic) bond motifs is 3. The Morgan fingerprint density at radius 2 is 2.36 bits per heavy atom. The maximum atomic E-state index is 12.8. The molecule has 0 N–H and O–H groups in total. The number of rotatable bonds is 2. The summed E-state index contributed by atoms with van der Waals surface area (Å²) in [6, 6.07) is 1.85.